The van der Waals surface area contributed by atoms with Crippen molar-refractivity contribution in [1.29, 1.82) is 0 Å². The van der Waals surface area contributed by atoms with Gasteiger partial charge in [0.2, 0.25) is 6.79 Å². The van der Waals surface area contributed by atoms with E-state index in [1.165, 1.54) is 0 Å². The summed E-state index contributed by atoms with van der Waals surface area (Å²) in [5.74, 6) is 1.45. The largest absolute Gasteiger partial charge is 0.454 e. The Morgan fingerprint density at radius 2 is 2.22 bits per heavy atom. The Labute approximate surface area is 107 Å². The lowest BCUT2D eigenvalue weighted by Crippen LogP contribution is -2.22. The van der Waals surface area contributed by atoms with Crippen molar-refractivity contribution in [3.05, 3.63) is 36.4 Å². The van der Waals surface area contributed by atoms with E-state index in [0.717, 1.165) is 30.7 Å². The minimum absolute atomic E-state index is 0.259. The molecule has 1 aliphatic heterocycles. The van der Waals surface area contributed by atoms with E-state index in [1.807, 2.05) is 24.3 Å². The second kappa shape index (κ2) is 6.42. The van der Waals surface area contributed by atoms with Gasteiger partial charge in [-0.1, -0.05) is 12.1 Å². The molecule has 0 bridgehead atoms. The smallest absolute Gasteiger partial charge is 0.231 e. The van der Waals surface area contributed by atoms with E-state index in [1.54, 1.807) is 0 Å². The first-order valence-electron chi connectivity index (χ1n) is 6.20. The van der Waals surface area contributed by atoms with Gasteiger partial charge < -0.3 is 19.9 Å². The summed E-state index contributed by atoms with van der Waals surface area (Å²) in [7, 11) is 0. The van der Waals surface area contributed by atoms with E-state index in [2.05, 4.69) is 11.9 Å². The summed E-state index contributed by atoms with van der Waals surface area (Å²) in [5, 5.41) is 13.2. The summed E-state index contributed by atoms with van der Waals surface area (Å²) >= 11 is 0. The molecule has 0 spiro atoms. The van der Waals surface area contributed by atoms with Crippen LogP contribution in [-0.4, -0.2) is 25.0 Å². The molecule has 4 heteroatoms. The molecule has 1 unspecified atom stereocenters. The molecule has 0 fully saturated rings. The minimum Gasteiger partial charge on any atom is -0.454 e. The molecule has 4 nitrogen and oxygen atoms in total. The number of nitrogens with one attached hydrogen (secondary N) is 1. The Morgan fingerprint density at radius 1 is 1.39 bits per heavy atom. The van der Waals surface area contributed by atoms with Crippen LogP contribution in [0, 0.1) is 0 Å². The molecule has 0 radical (unpaired) electrons. The third-order valence-corrected chi connectivity index (χ3v) is 2.88. The van der Waals surface area contributed by atoms with Crippen LogP contribution in [0.3, 0.4) is 0 Å². The van der Waals surface area contributed by atoms with Crippen molar-refractivity contribution < 1.29 is 14.6 Å². The van der Waals surface area contributed by atoms with Crippen LogP contribution in [0.5, 0.6) is 11.5 Å². The summed E-state index contributed by atoms with van der Waals surface area (Å²) in [6, 6.07) is 5.53. The normalized spacial score (nSPS) is 14.5. The monoisotopic (exact) mass is 249 g/mol. The quantitative estimate of drug-likeness (QED) is 0.573. The summed E-state index contributed by atoms with van der Waals surface area (Å²) < 4.78 is 10.5. The lowest BCUT2D eigenvalue weighted by Gasteiger charge is -2.12. The van der Waals surface area contributed by atoms with Gasteiger partial charge in [0.05, 0.1) is 6.10 Å². The highest BCUT2D eigenvalue weighted by Gasteiger charge is 2.16. The molecule has 0 saturated heterocycles. The number of aliphatic hydroxyl groups is 1. The first kappa shape index (κ1) is 12.9. The number of ether oxygens (including phenoxy) is 2. The first-order valence-corrected chi connectivity index (χ1v) is 6.20. The molecule has 2 N–H and O–H groups in total. The molecule has 1 aromatic carbocycles. The zero-order valence-electron chi connectivity index (χ0n) is 10.4. The van der Waals surface area contributed by atoms with Gasteiger partial charge in [0.25, 0.3) is 0 Å². The fourth-order valence-corrected chi connectivity index (χ4v) is 1.85. The Hall–Kier alpha value is -1.52. The van der Waals surface area contributed by atoms with Crippen LogP contribution in [0.2, 0.25) is 0 Å². The summed E-state index contributed by atoms with van der Waals surface area (Å²) in [6.07, 6.45) is 3.41. The molecular formula is C14H19NO3. The summed E-state index contributed by atoms with van der Waals surface area (Å²) in [6.45, 7) is 5.35. The number of fused-ring (bicyclic) bond motifs is 1. The van der Waals surface area contributed by atoms with E-state index in [4.69, 9.17) is 9.47 Å². The number of hydrogen-bond donors (Lipinski definition) is 2. The lowest BCUT2D eigenvalue weighted by molar-refractivity contribution is 0.170. The van der Waals surface area contributed by atoms with Crippen LogP contribution in [0.1, 0.15) is 24.5 Å². The van der Waals surface area contributed by atoms with Crippen LogP contribution in [0.25, 0.3) is 0 Å². The second-order valence-corrected chi connectivity index (χ2v) is 4.26. The van der Waals surface area contributed by atoms with E-state index in [9.17, 15) is 5.11 Å². The van der Waals surface area contributed by atoms with Crippen LogP contribution in [0.15, 0.2) is 30.9 Å². The number of unbranched alkanes of at least 4 members (excludes halogenated alkanes) is 1. The molecule has 2 rings (SSSR count). The average Bonchev–Trinajstić information content (AvgIpc) is 2.85. The molecule has 0 amide bonds. The van der Waals surface area contributed by atoms with Gasteiger partial charge in [-0.05, 0) is 37.1 Å². The Balaban J connectivity index is 1.81. The highest BCUT2D eigenvalue weighted by atomic mass is 16.7. The van der Waals surface area contributed by atoms with Crippen molar-refractivity contribution in [2.24, 2.45) is 0 Å². The number of allylic oxidation sites excluding steroid dienone is 1. The zero-order valence-corrected chi connectivity index (χ0v) is 10.4. The van der Waals surface area contributed by atoms with E-state index < -0.39 is 6.10 Å². The molecule has 1 aromatic rings. The molecule has 1 atom stereocenters. The predicted octanol–water partition coefficient (Wildman–Crippen LogP) is 2.00. The highest BCUT2D eigenvalue weighted by molar-refractivity contribution is 5.45. The van der Waals surface area contributed by atoms with Crippen molar-refractivity contribution in [3.63, 3.8) is 0 Å². The number of hydrogen-bond acceptors (Lipinski definition) is 4. The third kappa shape index (κ3) is 3.24. The number of benzene rings is 1. The minimum atomic E-state index is -0.525. The van der Waals surface area contributed by atoms with Crippen LogP contribution in [-0.2, 0) is 0 Å². The van der Waals surface area contributed by atoms with Crippen molar-refractivity contribution in [2.45, 2.75) is 18.9 Å². The summed E-state index contributed by atoms with van der Waals surface area (Å²) in [4.78, 5) is 0. The van der Waals surface area contributed by atoms with Gasteiger partial charge in [-0.15, -0.1) is 6.58 Å². The van der Waals surface area contributed by atoms with Crippen molar-refractivity contribution in [2.75, 3.05) is 19.9 Å². The fraction of sp³-hybridized carbons (Fsp3) is 0.429. The maximum Gasteiger partial charge on any atom is 0.231 e. The second-order valence-electron chi connectivity index (χ2n) is 4.26. The first-order chi connectivity index (χ1) is 8.81. The van der Waals surface area contributed by atoms with Crippen LogP contribution < -0.4 is 14.8 Å². The summed E-state index contributed by atoms with van der Waals surface area (Å²) in [5.41, 5.74) is 0.843. The standard InChI is InChI=1S/C14H19NO3/c1-2-3-4-7-15-9-12(16)11-5-6-13-14(8-11)18-10-17-13/h2,5-6,8,12,15-16H,1,3-4,7,9-10H2. The predicted molar refractivity (Wildman–Crippen MR) is 69.8 cm³/mol. The SMILES string of the molecule is C=CCCCNCC(O)c1ccc2c(c1)OCO2. The van der Waals surface area contributed by atoms with Gasteiger partial charge in [0.1, 0.15) is 0 Å². The fourth-order valence-electron chi connectivity index (χ4n) is 1.85. The van der Waals surface area contributed by atoms with Gasteiger partial charge >= 0.3 is 0 Å². The van der Waals surface area contributed by atoms with Crippen LogP contribution in [0.4, 0.5) is 0 Å². The molecule has 0 saturated carbocycles. The van der Waals surface area contributed by atoms with Gasteiger partial charge in [-0.3, -0.25) is 0 Å². The lowest BCUT2D eigenvalue weighted by atomic mass is 10.1. The molecule has 18 heavy (non-hydrogen) atoms. The van der Waals surface area contributed by atoms with Gasteiger partial charge in [-0.2, -0.15) is 0 Å². The van der Waals surface area contributed by atoms with Gasteiger partial charge in [-0.25, -0.2) is 0 Å². The topological polar surface area (TPSA) is 50.7 Å². The molecule has 1 aliphatic rings. The van der Waals surface area contributed by atoms with Gasteiger partial charge in [0, 0.05) is 6.54 Å². The van der Waals surface area contributed by atoms with Crippen molar-refractivity contribution >= 4 is 0 Å². The van der Waals surface area contributed by atoms with Gasteiger partial charge in [0.15, 0.2) is 11.5 Å². The molecule has 1 heterocycles. The van der Waals surface area contributed by atoms with Crippen molar-refractivity contribution in [3.8, 4) is 11.5 Å². The maximum atomic E-state index is 10.0. The zero-order chi connectivity index (χ0) is 12.8. The Bertz CT molecular complexity index is 406. The van der Waals surface area contributed by atoms with E-state index in [-0.39, 0.29) is 6.79 Å². The maximum absolute atomic E-state index is 10.0. The molecular weight excluding hydrogens is 230 g/mol. The average molecular weight is 249 g/mol. The van der Waals surface area contributed by atoms with E-state index in [0.29, 0.717) is 12.3 Å². The Kier molecular flexibility index (Phi) is 4.61. The number of aliphatic hydroxyl groups excluding tert-OH is 1. The Morgan fingerprint density at radius 3 is 3.06 bits per heavy atom. The molecule has 0 aliphatic carbocycles. The molecule has 98 valence electrons. The number of rotatable bonds is 7. The molecule has 0 aromatic heterocycles. The van der Waals surface area contributed by atoms with Crippen LogP contribution >= 0.6 is 0 Å². The van der Waals surface area contributed by atoms with E-state index >= 15 is 0 Å². The third-order valence-electron chi connectivity index (χ3n) is 2.88. The van der Waals surface area contributed by atoms with Crippen molar-refractivity contribution in [1.82, 2.24) is 5.32 Å². The highest BCUT2D eigenvalue weighted by Crippen LogP contribution is 2.33.